The molecule has 1 N–H and O–H groups in total. The molecule has 25 heavy (non-hydrogen) atoms. The first-order chi connectivity index (χ1) is 12.1. The second-order valence-corrected chi connectivity index (χ2v) is 6.00. The van der Waals surface area contributed by atoms with Crippen molar-refractivity contribution in [3.63, 3.8) is 0 Å². The Morgan fingerprint density at radius 2 is 1.56 bits per heavy atom. The van der Waals surface area contributed by atoms with Gasteiger partial charge in [-0.1, -0.05) is 0 Å². The van der Waals surface area contributed by atoms with Crippen molar-refractivity contribution in [1.82, 2.24) is 10.2 Å². The molecule has 1 amide bonds. The van der Waals surface area contributed by atoms with Crippen LogP contribution in [0.5, 0.6) is 17.2 Å². The maximum absolute atomic E-state index is 13.0. The Hall–Kier alpha value is -1.95. The monoisotopic (exact) mass is 350 g/mol. The number of rotatable bonds is 8. The Bertz CT molecular complexity index is 544. The zero-order valence-corrected chi connectivity index (χ0v) is 15.8. The Morgan fingerprint density at radius 1 is 1.04 bits per heavy atom. The van der Waals surface area contributed by atoms with Gasteiger partial charge in [0.2, 0.25) is 5.75 Å². The zero-order valence-electron chi connectivity index (χ0n) is 15.8. The summed E-state index contributed by atoms with van der Waals surface area (Å²) in [7, 11) is 1.87. The molecule has 0 bridgehead atoms. The maximum Gasteiger partial charge on any atom is 0.254 e. The molecule has 1 aliphatic heterocycles. The van der Waals surface area contributed by atoms with Crippen LogP contribution in [0.25, 0.3) is 0 Å². The third-order valence-electron chi connectivity index (χ3n) is 4.33. The van der Waals surface area contributed by atoms with Gasteiger partial charge in [-0.05, 0) is 58.8 Å². The normalized spacial score (nSPS) is 14.9. The van der Waals surface area contributed by atoms with E-state index in [4.69, 9.17) is 14.2 Å². The molecule has 1 saturated heterocycles. The highest BCUT2D eigenvalue weighted by Gasteiger charge is 2.25. The lowest BCUT2D eigenvalue weighted by Crippen LogP contribution is -2.43. The molecule has 2 rings (SSSR count). The fourth-order valence-corrected chi connectivity index (χ4v) is 3.08. The second kappa shape index (κ2) is 9.51. The first kappa shape index (κ1) is 19.4. The summed E-state index contributed by atoms with van der Waals surface area (Å²) in [4.78, 5) is 14.8. The fourth-order valence-electron chi connectivity index (χ4n) is 3.08. The van der Waals surface area contributed by atoms with E-state index in [1.807, 2.05) is 32.7 Å². The van der Waals surface area contributed by atoms with Gasteiger partial charge in [-0.2, -0.15) is 0 Å². The number of hydrogen-bond acceptors (Lipinski definition) is 5. The van der Waals surface area contributed by atoms with Crippen molar-refractivity contribution in [2.75, 3.05) is 40.0 Å². The van der Waals surface area contributed by atoms with Gasteiger partial charge in [0.15, 0.2) is 11.5 Å². The van der Waals surface area contributed by atoms with E-state index in [2.05, 4.69) is 5.32 Å². The number of carbonyl (C=O) groups is 1. The van der Waals surface area contributed by atoms with Gasteiger partial charge in [-0.25, -0.2) is 0 Å². The molecule has 6 heteroatoms. The second-order valence-electron chi connectivity index (χ2n) is 6.00. The van der Waals surface area contributed by atoms with Crippen LogP contribution in [-0.2, 0) is 0 Å². The topological polar surface area (TPSA) is 60.0 Å². The van der Waals surface area contributed by atoms with Gasteiger partial charge < -0.3 is 24.4 Å². The molecule has 1 heterocycles. The minimum absolute atomic E-state index is 0.0168. The number of piperidine rings is 1. The molecule has 6 nitrogen and oxygen atoms in total. The molecule has 0 spiro atoms. The van der Waals surface area contributed by atoms with Gasteiger partial charge in [0.1, 0.15) is 0 Å². The van der Waals surface area contributed by atoms with Crippen LogP contribution in [0.15, 0.2) is 12.1 Å². The number of amides is 1. The summed E-state index contributed by atoms with van der Waals surface area (Å²) in [5.74, 6) is 1.65. The van der Waals surface area contributed by atoms with Crippen molar-refractivity contribution >= 4 is 5.91 Å². The largest absolute Gasteiger partial charge is 0.490 e. The molecule has 1 fully saturated rings. The number of hydrogen-bond donors (Lipinski definition) is 1. The smallest absolute Gasteiger partial charge is 0.254 e. The first-order valence-electron chi connectivity index (χ1n) is 9.16. The van der Waals surface area contributed by atoms with E-state index >= 15 is 0 Å². The molecule has 0 aromatic heterocycles. The predicted molar refractivity (Wildman–Crippen MR) is 97.9 cm³/mol. The van der Waals surface area contributed by atoms with Crippen LogP contribution in [-0.4, -0.2) is 56.8 Å². The molecule has 140 valence electrons. The molecule has 0 atom stereocenters. The van der Waals surface area contributed by atoms with Crippen molar-refractivity contribution in [2.24, 2.45) is 0 Å². The van der Waals surface area contributed by atoms with Gasteiger partial charge in [0.25, 0.3) is 5.91 Å². The highest BCUT2D eigenvalue weighted by Crippen LogP contribution is 2.39. The van der Waals surface area contributed by atoms with E-state index in [1.165, 1.54) is 0 Å². The van der Waals surface area contributed by atoms with Gasteiger partial charge in [-0.15, -0.1) is 0 Å². The maximum atomic E-state index is 13.0. The third-order valence-corrected chi connectivity index (χ3v) is 4.33. The SMILES string of the molecule is CCOc1cc(C(=O)N(C)C2CCNCC2)cc(OCC)c1OCC. The Morgan fingerprint density at radius 3 is 2.04 bits per heavy atom. The highest BCUT2D eigenvalue weighted by molar-refractivity contribution is 5.95. The molecule has 0 unspecified atom stereocenters. The summed E-state index contributed by atoms with van der Waals surface area (Å²) in [6.45, 7) is 9.11. The fraction of sp³-hybridized carbons (Fsp3) is 0.632. The van der Waals surface area contributed by atoms with E-state index in [9.17, 15) is 4.79 Å². The minimum atomic E-state index is -0.0168. The molecule has 1 aliphatic rings. The summed E-state index contributed by atoms with van der Waals surface area (Å²) < 4.78 is 17.1. The van der Waals surface area contributed by atoms with E-state index in [1.54, 1.807) is 12.1 Å². The Kier molecular flexibility index (Phi) is 7.37. The summed E-state index contributed by atoms with van der Waals surface area (Å²) in [6.07, 6.45) is 1.94. The number of nitrogens with one attached hydrogen (secondary N) is 1. The Labute approximate surface area is 150 Å². The van der Waals surface area contributed by atoms with Crippen molar-refractivity contribution in [1.29, 1.82) is 0 Å². The van der Waals surface area contributed by atoms with E-state index in [0.717, 1.165) is 25.9 Å². The molecule has 0 radical (unpaired) electrons. The van der Waals surface area contributed by atoms with Crippen molar-refractivity contribution in [3.8, 4) is 17.2 Å². The lowest BCUT2D eigenvalue weighted by molar-refractivity contribution is 0.0702. The molecular formula is C19H30N2O4. The van der Waals surface area contributed by atoms with E-state index < -0.39 is 0 Å². The molecule has 1 aromatic rings. The average Bonchev–Trinajstić information content (AvgIpc) is 2.64. The Balaban J connectivity index is 2.33. The predicted octanol–water partition coefficient (Wildman–Crippen LogP) is 2.71. The van der Waals surface area contributed by atoms with Crippen LogP contribution in [0, 0.1) is 0 Å². The van der Waals surface area contributed by atoms with Crippen LogP contribution in [0.4, 0.5) is 0 Å². The average molecular weight is 350 g/mol. The van der Waals surface area contributed by atoms with E-state index in [-0.39, 0.29) is 11.9 Å². The molecule has 0 aliphatic carbocycles. The summed E-state index contributed by atoms with van der Waals surface area (Å²) in [5.41, 5.74) is 0.566. The van der Waals surface area contributed by atoms with Crippen molar-refractivity contribution in [2.45, 2.75) is 39.7 Å². The van der Waals surface area contributed by atoms with Crippen LogP contribution in [0.3, 0.4) is 0 Å². The van der Waals surface area contributed by atoms with Crippen LogP contribution in [0.1, 0.15) is 44.0 Å². The third kappa shape index (κ3) is 4.78. The number of ether oxygens (including phenoxy) is 3. The minimum Gasteiger partial charge on any atom is -0.490 e. The van der Waals surface area contributed by atoms with Gasteiger partial charge in [-0.3, -0.25) is 4.79 Å². The van der Waals surface area contributed by atoms with Crippen LogP contribution < -0.4 is 19.5 Å². The standard InChI is InChI=1S/C19H30N2O4/c1-5-23-16-12-14(13-17(24-6-2)18(16)25-7-3)19(22)21(4)15-8-10-20-11-9-15/h12-13,15,20H,5-11H2,1-4H3. The van der Waals surface area contributed by atoms with Crippen molar-refractivity contribution < 1.29 is 19.0 Å². The molecule has 0 saturated carbocycles. The number of carbonyl (C=O) groups excluding carboxylic acids is 1. The first-order valence-corrected chi connectivity index (χ1v) is 9.16. The lowest BCUT2D eigenvalue weighted by atomic mass is 10.0. The zero-order chi connectivity index (χ0) is 18.2. The van der Waals surface area contributed by atoms with Gasteiger partial charge in [0, 0.05) is 18.7 Å². The molecular weight excluding hydrogens is 320 g/mol. The highest BCUT2D eigenvalue weighted by atomic mass is 16.5. The number of nitrogens with zero attached hydrogens (tertiary/aromatic N) is 1. The van der Waals surface area contributed by atoms with E-state index in [0.29, 0.717) is 42.6 Å². The van der Waals surface area contributed by atoms with Gasteiger partial charge in [0.05, 0.1) is 19.8 Å². The van der Waals surface area contributed by atoms with Crippen molar-refractivity contribution in [3.05, 3.63) is 17.7 Å². The lowest BCUT2D eigenvalue weighted by Gasteiger charge is -2.32. The van der Waals surface area contributed by atoms with Gasteiger partial charge >= 0.3 is 0 Å². The number of benzene rings is 1. The summed E-state index contributed by atoms with van der Waals surface area (Å²) in [5, 5.41) is 3.33. The summed E-state index contributed by atoms with van der Waals surface area (Å²) in [6, 6.07) is 3.78. The summed E-state index contributed by atoms with van der Waals surface area (Å²) >= 11 is 0. The molecule has 1 aromatic carbocycles. The van der Waals surface area contributed by atoms with Crippen LogP contribution in [0.2, 0.25) is 0 Å². The quantitative estimate of drug-likeness (QED) is 0.781. The van der Waals surface area contributed by atoms with Crippen LogP contribution >= 0.6 is 0 Å².